The highest BCUT2D eigenvalue weighted by Crippen LogP contribution is 2.29. The summed E-state index contributed by atoms with van der Waals surface area (Å²) in [7, 11) is 1.31. The first-order valence-electron chi connectivity index (χ1n) is 13.9. The second-order valence-corrected chi connectivity index (χ2v) is 11.1. The first kappa shape index (κ1) is 28.9. The van der Waals surface area contributed by atoms with Gasteiger partial charge in [-0.05, 0) is 99.3 Å². The quantitative estimate of drug-likeness (QED) is 0.185. The number of ether oxygens (including phenoxy) is 3. The zero-order valence-corrected chi connectivity index (χ0v) is 24.2. The van der Waals surface area contributed by atoms with E-state index in [0.717, 1.165) is 35.0 Å². The van der Waals surface area contributed by atoms with Crippen molar-refractivity contribution in [2.24, 2.45) is 0 Å². The predicted octanol–water partition coefficient (Wildman–Crippen LogP) is 6.55. The Balaban J connectivity index is 1.30. The smallest absolute Gasteiger partial charge is 0.416 e. The summed E-state index contributed by atoms with van der Waals surface area (Å²) in [4.78, 5) is 31.3. The van der Waals surface area contributed by atoms with Gasteiger partial charge in [0.05, 0.1) is 24.9 Å². The number of carbonyl (C=O) groups excluding carboxylic acids is 2. The normalized spacial score (nSPS) is 13.5. The fourth-order valence-electron chi connectivity index (χ4n) is 4.89. The number of esters is 1. The van der Waals surface area contributed by atoms with Crippen LogP contribution in [-0.2, 0) is 27.1 Å². The molecular weight excluding hydrogens is 537 g/mol. The van der Waals surface area contributed by atoms with Gasteiger partial charge in [0, 0.05) is 36.3 Å². The second-order valence-electron chi connectivity index (χ2n) is 11.1. The lowest BCUT2D eigenvalue weighted by Gasteiger charge is -2.31. The molecule has 1 aliphatic heterocycles. The number of nitrogens with zero attached hydrogens (tertiary/aromatic N) is 3. The minimum atomic E-state index is -0.581. The van der Waals surface area contributed by atoms with Crippen molar-refractivity contribution in [3.05, 3.63) is 95.6 Å². The number of halogens is 1. The van der Waals surface area contributed by atoms with E-state index in [-0.39, 0.29) is 11.9 Å². The van der Waals surface area contributed by atoms with Crippen LogP contribution in [-0.4, -0.2) is 47.5 Å². The van der Waals surface area contributed by atoms with Gasteiger partial charge in [0.2, 0.25) is 0 Å². The summed E-state index contributed by atoms with van der Waals surface area (Å²) >= 11 is 0. The third-order valence-corrected chi connectivity index (χ3v) is 6.85. The molecule has 0 bridgehead atoms. The number of hydrogen-bond acceptors (Lipinski definition) is 6. The maximum absolute atomic E-state index is 13.5. The molecule has 0 saturated carbocycles. The molecule has 2 aromatic carbocycles. The Morgan fingerprint density at radius 3 is 2.57 bits per heavy atom. The van der Waals surface area contributed by atoms with Crippen molar-refractivity contribution in [2.75, 3.05) is 25.2 Å². The van der Waals surface area contributed by atoms with Gasteiger partial charge in [0.25, 0.3) is 0 Å². The number of amides is 1. The van der Waals surface area contributed by atoms with E-state index >= 15 is 0 Å². The fraction of sp³-hybridized carbons (Fsp3) is 0.303. The molecule has 42 heavy (non-hydrogen) atoms. The van der Waals surface area contributed by atoms with Crippen LogP contribution in [0.25, 0.3) is 16.6 Å². The first-order valence-corrected chi connectivity index (χ1v) is 13.9. The zero-order chi connectivity index (χ0) is 29.9. The molecule has 0 radical (unpaired) electrons. The average molecular weight is 572 g/mol. The molecule has 0 fully saturated rings. The second kappa shape index (κ2) is 12.1. The van der Waals surface area contributed by atoms with E-state index in [0.29, 0.717) is 42.4 Å². The number of anilines is 1. The van der Waals surface area contributed by atoms with Gasteiger partial charge in [-0.3, -0.25) is 4.90 Å². The van der Waals surface area contributed by atoms with Gasteiger partial charge in [0.1, 0.15) is 23.0 Å². The SMILES string of the molecule is COC(=O)/C=C(/c1ccc(F)cc1)n1ccc2cc(OCCc3ccc4c(n3)N(C(=O)OC(C)(C)C)CCC4)ccc21. The summed E-state index contributed by atoms with van der Waals surface area (Å²) in [6, 6.07) is 17.6. The average Bonchev–Trinajstić information content (AvgIpc) is 3.38. The Bertz CT molecular complexity index is 1640. The van der Waals surface area contributed by atoms with Gasteiger partial charge in [-0.25, -0.2) is 19.0 Å². The molecule has 0 unspecified atom stereocenters. The van der Waals surface area contributed by atoms with Crippen molar-refractivity contribution >= 4 is 34.5 Å². The molecule has 5 rings (SSSR count). The van der Waals surface area contributed by atoms with Crippen molar-refractivity contribution in [2.45, 2.75) is 45.6 Å². The fourth-order valence-corrected chi connectivity index (χ4v) is 4.89. The van der Waals surface area contributed by atoms with Gasteiger partial charge < -0.3 is 18.8 Å². The first-order chi connectivity index (χ1) is 20.1. The van der Waals surface area contributed by atoms with E-state index in [9.17, 15) is 14.0 Å². The van der Waals surface area contributed by atoms with E-state index in [1.54, 1.807) is 17.0 Å². The number of methoxy groups -OCH3 is 1. The largest absolute Gasteiger partial charge is 0.493 e. The molecule has 0 N–H and O–H groups in total. The van der Waals surface area contributed by atoms with Crippen molar-refractivity contribution in [1.82, 2.24) is 9.55 Å². The van der Waals surface area contributed by atoms with E-state index < -0.39 is 11.6 Å². The highest BCUT2D eigenvalue weighted by molar-refractivity contribution is 5.95. The monoisotopic (exact) mass is 571 g/mol. The Kier molecular flexibility index (Phi) is 8.29. The molecule has 0 atom stereocenters. The summed E-state index contributed by atoms with van der Waals surface area (Å²) in [6.45, 7) is 6.53. The Hall–Kier alpha value is -4.66. The maximum Gasteiger partial charge on any atom is 0.416 e. The third kappa shape index (κ3) is 6.62. The van der Waals surface area contributed by atoms with Crippen LogP contribution in [0.2, 0.25) is 0 Å². The molecule has 4 aromatic rings. The van der Waals surface area contributed by atoms with Crippen LogP contribution < -0.4 is 9.64 Å². The lowest BCUT2D eigenvalue weighted by molar-refractivity contribution is -0.134. The molecule has 8 nitrogen and oxygen atoms in total. The van der Waals surface area contributed by atoms with Crippen molar-refractivity contribution in [3.63, 3.8) is 0 Å². The van der Waals surface area contributed by atoms with Crippen LogP contribution in [0, 0.1) is 5.82 Å². The number of fused-ring (bicyclic) bond motifs is 2. The van der Waals surface area contributed by atoms with Crippen LogP contribution in [0.4, 0.5) is 15.0 Å². The Morgan fingerprint density at radius 2 is 1.83 bits per heavy atom. The molecule has 1 aliphatic rings. The maximum atomic E-state index is 13.5. The van der Waals surface area contributed by atoms with E-state index in [2.05, 4.69) is 0 Å². The van der Waals surface area contributed by atoms with Crippen LogP contribution in [0.3, 0.4) is 0 Å². The predicted molar refractivity (Wildman–Crippen MR) is 159 cm³/mol. The molecule has 0 aliphatic carbocycles. The number of hydrogen-bond donors (Lipinski definition) is 0. The van der Waals surface area contributed by atoms with Crippen LogP contribution in [0.1, 0.15) is 44.0 Å². The van der Waals surface area contributed by atoms with Crippen molar-refractivity contribution < 1.29 is 28.2 Å². The summed E-state index contributed by atoms with van der Waals surface area (Å²) in [5.41, 5.74) is 3.36. The highest BCUT2D eigenvalue weighted by atomic mass is 19.1. The van der Waals surface area contributed by atoms with Gasteiger partial charge >= 0.3 is 12.1 Å². The summed E-state index contributed by atoms with van der Waals surface area (Å²) < 4.78 is 31.9. The number of carbonyl (C=O) groups is 2. The summed E-state index contributed by atoms with van der Waals surface area (Å²) in [5.74, 6) is 0.476. The third-order valence-electron chi connectivity index (χ3n) is 6.85. The van der Waals surface area contributed by atoms with Crippen LogP contribution in [0.5, 0.6) is 5.75 Å². The number of rotatable bonds is 7. The van der Waals surface area contributed by atoms with Gasteiger partial charge in [-0.2, -0.15) is 0 Å². The zero-order valence-electron chi connectivity index (χ0n) is 24.2. The van der Waals surface area contributed by atoms with Crippen molar-refractivity contribution in [1.29, 1.82) is 0 Å². The molecule has 9 heteroatoms. The minimum absolute atomic E-state index is 0.360. The lowest BCUT2D eigenvalue weighted by Crippen LogP contribution is -2.40. The van der Waals surface area contributed by atoms with E-state index in [4.69, 9.17) is 19.2 Å². The Labute approximate surface area is 244 Å². The molecule has 2 aromatic heterocycles. The number of pyridine rings is 1. The lowest BCUT2D eigenvalue weighted by atomic mass is 10.1. The van der Waals surface area contributed by atoms with Gasteiger partial charge in [0.15, 0.2) is 0 Å². The highest BCUT2D eigenvalue weighted by Gasteiger charge is 2.28. The van der Waals surface area contributed by atoms with E-state index in [1.807, 2.05) is 67.9 Å². The molecule has 218 valence electrons. The molecular formula is C33H34FN3O5. The molecule has 1 amide bonds. The van der Waals surface area contributed by atoms with Crippen LogP contribution >= 0.6 is 0 Å². The summed E-state index contributed by atoms with van der Waals surface area (Å²) in [6.07, 6.45) is 5.14. The standard InChI is InChI=1S/C33H34FN3O5/c1-33(2,3)42-32(39)37-17-5-6-23-9-12-26(35-31(23)37)16-19-41-27-13-14-28-24(20-27)15-18-36(28)29(21-30(38)40-4)22-7-10-25(34)11-8-22/h7-15,18,20-21H,5-6,16-17,19H2,1-4H3/b29-21-. The van der Waals surface area contributed by atoms with Crippen LogP contribution in [0.15, 0.2) is 72.9 Å². The molecule has 0 saturated heterocycles. The summed E-state index contributed by atoms with van der Waals surface area (Å²) in [5, 5.41) is 0.908. The topological polar surface area (TPSA) is 82.9 Å². The molecule has 0 spiro atoms. The van der Waals surface area contributed by atoms with Crippen molar-refractivity contribution in [3.8, 4) is 5.75 Å². The number of aryl methyl sites for hydroxylation is 1. The molecule has 3 heterocycles. The Morgan fingerprint density at radius 1 is 1.05 bits per heavy atom. The van der Waals surface area contributed by atoms with E-state index in [1.165, 1.54) is 25.3 Å². The number of aromatic nitrogens is 2. The number of benzene rings is 2. The van der Waals surface area contributed by atoms with Gasteiger partial charge in [-0.15, -0.1) is 0 Å². The van der Waals surface area contributed by atoms with Gasteiger partial charge in [-0.1, -0.05) is 6.07 Å². The minimum Gasteiger partial charge on any atom is -0.493 e.